The van der Waals surface area contributed by atoms with Gasteiger partial charge in [0.1, 0.15) is 5.75 Å². The molecule has 1 amide bonds. The van der Waals surface area contributed by atoms with Crippen LogP contribution in [-0.4, -0.2) is 37.5 Å². The number of carbonyl (C=O) groups excluding carboxylic acids is 2. The summed E-state index contributed by atoms with van der Waals surface area (Å²) in [4.78, 5) is 25.3. The van der Waals surface area contributed by atoms with E-state index in [4.69, 9.17) is 9.47 Å². The van der Waals surface area contributed by atoms with Gasteiger partial charge in [-0.1, -0.05) is 42.5 Å². The number of nitrogens with zero attached hydrogens (tertiary/aromatic N) is 1. The molecule has 0 aliphatic heterocycles. The maximum atomic E-state index is 12.0. The summed E-state index contributed by atoms with van der Waals surface area (Å²) in [6, 6.07) is 16.9. The molecule has 2 aromatic carbocycles. The van der Waals surface area contributed by atoms with E-state index in [1.807, 2.05) is 42.5 Å². The van der Waals surface area contributed by atoms with Crippen LogP contribution in [0.15, 0.2) is 60.7 Å². The number of hydrogen-bond acceptors (Lipinski definition) is 4. The highest BCUT2D eigenvalue weighted by molar-refractivity contribution is 5.89. The lowest BCUT2D eigenvalue weighted by molar-refractivity contribution is -0.147. The molecule has 0 bridgehead atoms. The Labute approximate surface area is 147 Å². The Morgan fingerprint density at radius 1 is 1.04 bits per heavy atom. The van der Waals surface area contributed by atoms with Crippen molar-refractivity contribution in [2.24, 2.45) is 0 Å². The van der Waals surface area contributed by atoms with Gasteiger partial charge in [-0.05, 0) is 29.3 Å². The zero-order valence-corrected chi connectivity index (χ0v) is 14.3. The van der Waals surface area contributed by atoms with Crippen LogP contribution >= 0.6 is 0 Å². The summed E-state index contributed by atoms with van der Waals surface area (Å²) in [5.41, 5.74) is 1.86. The smallest absolute Gasteiger partial charge is 0.331 e. The van der Waals surface area contributed by atoms with Crippen LogP contribution in [0.4, 0.5) is 0 Å². The minimum atomic E-state index is -0.558. The second kappa shape index (κ2) is 9.27. The zero-order valence-electron chi connectivity index (χ0n) is 14.3. The molecule has 0 aliphatic carbocycles. The zero-order chi connectivity index (χ0) is 18.1. The molecule has 0 saturated carbocycles. The monoisotopic (exact) mass is 339 g/mol. The van der Waals surface area contributed by atoms with E-state index in [1.165, 1.54) is 11.0 Å². The molecule has 5 heteroatoms. The van der Waals surface area contributed by atoms with Gasteiger partial charge in [-0.3, -0.25) is 4.79 Å². The summed E-state index contributed by atoms with van der Waals surface area (Å²) < 4.78 is 10.1. The molecule has 0 spiro atoms. The molecule has 0 aromatic heterocycles. The van der Waals surface area contributed by atoms with Gasteiger partial charge in [0.05, 0.1) is 7.11 Å². The topological polar surface area (TPSA) is 55.8 Å². The van der Waals surface area contributed by atoms with Crippen LogP contribution in [0.25, 0.3) is 6.08 Å². The lowest BCUT2D eigenvalue weighted by Crippen LogP contribution is -2.30. The van der Waals surface area contributed by atoms with E-state index in [9.17, 15) is 9.59 Å². The molecule has 2 aromatic rings. The highest BCUT2D eigenvalue weighted by Gasteiger charge is 2.11. The Morgan fingerprint density at radius 2 is 1.72 bits per heavy atom. The van der Waals surface area contributed by atoms with E-state index < -0.39 is 5.97 Å². The highest BCUT2D eigenvalue weighted by Crippen LogP contribution is 2.12. The van der Waals surface area contributed by atoms with Crippen LogP contribution in [0.3, 0.4) is 0 Å². The molecule has 0 saturated heterocycles. The predicted molar refractivity (Wildman–Crippen MR) is 95.9 cm³/mol. The molecule has 0 radical (unpaired) electrons. The van der Waals surface area contributed by atoms with Crippen molar-refractivity contribution < 1.29 is 19.1 Å². The molecule has 2 rings (SSSR count). The largest absolute Gasteiger partial charge is 0.497 e. The van der Waals surface area contributed by atoms with Gasteiger partial charge in [-0.15, -0.1) is 0 Å². The number of likely N-dealkylation sites (N-methyl/N-ethyl adjacent to an activating group) is 1. The van der Waals surface area contributed by atoms with E-state index in [0.717, 1.165) is 16.9 Å². The summed E-state index contributed by atoms with van der Waals surface area (Å²) in [5.74, 6) is -0.0703. The minimum Gasteiger partial charge on any atom is -0.497 e. The minimum absolute atomic E-state index is 0.255. The van der Waals surface area contributed by atoms with Crippen molar-refractivity contribution in [2.75, 3.05) is 20.8 Å². The summed E-state index contributed by atoms with van der Waals surface area (Å²) in [6.07, 6.45) is 2.92. The van der Waals surface area contributed by atoms with Crippen molar-refractivity contribution >= 4 is 18.0 Å². The number of hydrogen-bond donors (Lipinski definition) is 0. The molecular formula is C20H21NO4. The molecule has 0 atom stereocenters. The van der Waals surface area contributed by atoms with E-state index >= 15 is 0 Å². The normalized spacial score (nSPS) is 10.5. The van der Waals surface area contributed by atoms with Gasteiger partial charge in [-0.2, -0.15) is 0 Å². The van der Waals surface area contributed by atoms with Gasteiger partial charge in [0, 0.05) is 19.7 Å². The number of carbonyl (C=O) groups is 2. The average molecular weight is 339 g/mol. The molecule has 0 fully saturated rings. The third-order valence-corrected chi connectivity index (χ3v) is 3.55. The van der Waals surface area contributed by atoms with Gasteiger partial charge in [0.25, 0.3) is 5.91 Å². The Bertz CT molecular complexity index is 723. The SMILES string of the molecule is COc1ccc(/C=C/C(=O)OCC(=O)N(C)Cc2ccccc2)cc1. The van der Waals surface area contributed by atoms with Gasteiger partial charge < -0.3 is 14.4 Å². The number of benzene rings is 2. The Kier molecular flexibility index (Phi) is 6.77. The molecule has 0 unspecified atom stereocenters. The summed E-state index contributed by atoms with van der Waals surface area (Å²) in [5, 5.41) is 0. The number of esters is 1. The Morgan fingerprint density at radius 3 is 2.36 bits per heavy atom. The van der Waals surface area contributed by atoms with E-state index in [-0.39, 0.29) is 12.5 Å². The third kappa shape index (κ3) is 6.14. The third-order valence-electron chi connectivity index (χ3n) is 3.55. The Hall–Kier alpha value is -3.08. The van der Waals surface area contributed by atoms with Crippen molar-refractivity contribution in [1.29, 1.82) is 0 Å². The van der Waals surface area contributed by atoms with Gasteiger partial charge in [0.2, 0.25) is 0 Å². The molecule has 0 heterocycles. The molecule has 5 nitrogen and oxygen atoms in total. The maximum absolute atomic E-state index is 12.0. The first-order valence-electron chi connectivity index (χ1n) is 7.85. The first-order chi connectivity index (χ1) is 12.1. The lowest BCUT2D eigenvalue weighted by Gasteiger charge is -2.16. The van der Waals surface area contributed by atoms with Crippen LogP contribution in [0.2, 0.25) is 0 Å². The van der Waals surface area contributed by atoms with Crippen molar-refractivity contribution in [3.8, 4) is 5.75 Å². The van der Waals surface area contributed by atoms with Crippen molar-refractivity contribution in [3.05, 3.63) is 71.8 Å². The predicted octanol–water partition coefficient (Wildman–Crippen LogP) is 2.91. The molecular weight excluding hydrogens is 318 g/mol. The maximum Gasteiger partial charge on any atom is 0.331 e. The van der Waals surface area contributed by atoms with Crippen LogP contribution in [0, 0.1) is 0 Å². The number of amides is 1. The van der Waals surface area contributed by atoms with Gasteiger partial charge in [-0.25, -0.2) is 4.79 Å². The van der Waals surface area contributed by atoms with Crippen molar-refractivity contribution in [3.63, 3.8) is 0 Å². The summed E-state index contributed by atoms with van der Waals surface area (Å²) >= 11 is 0. The molecule has 25 heavy (non-hydrogen) atoms. The standard InChI is InChI=1S/C20H21NO4/c1-21(14-17-6-4-3-5-7-17)19(22)15-25-20(23)13-10-16-8-11-18(24-2)12-9-16/h3-13H,14-15H2,1-2H3/b13-10+. The van der Waals surface area contributed by atoms with E-state index in [2.05, 4.69) is 0 Å². The second-order valence-electron chi connectivity index (χ2n) is 5.45. The molecule has 130 valence electrons. The van der Waals surface area contributed by atoms with Crippen LogP contribution in [0.5, 0.6) is 5.75 Å². The first-order valence-corrected chi connectivity index (χ1v) is 7.85. The fourth-order valence-electron chi connectivity index (χ4n) is 2.12. The van der Waals surface area contributed by atoms with Gasteiger partial charge >= 0.3 is 5.97 Å². The van der Waals surface area contributed by atoms with Crippen LogP contribution in [-0.2, 0) is 20.9 Å². The fraction of sp³-hybridized carbons (Fsp3) is 0.200. The highest BCUT2D eigenvalue weighted by atomic mass is 16.5. The van der Waals surface area contributed by atoms with Crippen molar-refractivity contribution in [1.82, 2.24) is 4.90 Å². The molecule has 0 N–H and O–H groups in total. The second-order valence-corrected chi connectivity index (χ2v) is 5.45. The molecule has 0 aliphatic rings. The fourth-order valence-corrected chi connectivity index (χ4v) is 2.12. The Balaban J connectivity index is 1.78. The van der Waals surface area contributed by atoms with E-state index in [0.29, 0.717) is 6.54 Å². The van der Waals surface area contributed by atoms with Crippen LogP contribution < -0.4 is 4.74 Å². The number of ether oxygens (including phenoxy) is 2. The first kappa shape index (κ1) is 18.3. The number of rotatable bonds is 7. The quantitative estimate of drug-likeness (QED) is 0.575. The van der Waals surface area contributed by atoms with Crippen LogP contribution in [0.1, 0.15) is 11.1 Å². The van der Waals surface area contributed by atoms with E-state index in [1.54, 1.807) is 32.4 Å². The average Bonchev–Trinajstić information content (AvgIpc) is 2.65. The van der Waals surface area contributed by atoms with Crippen molar-refractivity contribution in [2.45, 2.75) is 6.54 Å². The number of methoxy groups -OCH3 is 1. The van der Waals surface area contributed by atoms with Gasteiger partial charge in [0.15, 0.2) is 6.61 Å². The summed E-state index contributed by atoms with van der Waals surface area (Å²) in [6.45, 7) is 0.189. The summed E-state index contributed by atoms with van der Waals surface area (Å²) in [7, 11) is 3.27. The lowest BCUT2D eigenvalue weighted by atomic mass is 10.2.